The van der Waals surface area contributed by atoms with E-state index in [0.29, 0.717) is 5.69 Å². The molecule has 0 saturated heterocycles. The molecule has 2 amide bonds. The van der Waals surface area contributed by atoms with E-state index in [9.17, 15) is 9.59 Å². The van der Waals surface area contributed by atoms with Gasteiger partial charge in [-0.1, -0.05) is 60.7 Å². The highest BCUT2D eigenvalue weighted by Crippen LogP contribution is 2.24. The van der Waals surface area contributed by atoms with Crippen LogP contribution >= 0.6 is 0 Å². The van der Waals surface area contributed by atoms with E-state index in [-0.39, 0.29) is 5.91 Å². The number of nitrogens with one attached hydrogen (secondary N) is 2. The number of hydrazine groups is 1. The fourth-order valence-electron chi connectivity index (χ4n) is 2.64. The van der Waals surface area contributed by atoms with Crippen LogP contribution in [0, 0.1) is 0 Å². The Kier molecular flexibility index (Phi) is 4.89. The number of aromatic nitrogens is 2. The van der Waals surface area contributed by atoms with Crippen LogP contribution in [0.2, 0.25) is 0 Å². The standard InChI is InChI=1S/C19H18N4O2/c1-23-16(12-13-20-23)18(24)21-22-19(25)17(14-8-4-2-5-9-14)15-10-6-3-7-11-15/h2-13,17H,1H3,(H,21,24)(H,22,25). The molecular formula is C19H18N4O2. The van der Waals surface area contributed by atoms with Gasteiger partial charge in [0.1, 0.15) is 5.69 Å². The largest absolute Gasteiger partial charge is 0.287 e. The van der Waals surface area contributed by atoms with E-state index in [2.05, 4.69) is 16.0 Å². The van der Waals surface area contributed by atoms with Crippen molar-refractivity contribution in [3.8, 4) is 0 Å². The van der Waals surface area contributed by atoms with Gasteiger partial charge in [0.15, 0.2) is 0 Å². The van der Waals surface area contributed by atoms with Crippen molar-refractivity contribution in [1.29, 1.82) is 0 Å². The Morgan fingerprint density at radius 2 is 1.44 bits per heavy atom. The summed E-state index contributed by atoms with van der Waals surface area (Å²) in [5, 5.41) is 3.94. The predicted molar refractivity (Wildman–Crippen MR) is 93.5 cm³/mol. The van der Waals surface area contributed by atoms with Crippen LogP contribution < -0.4 is 10.9 Å². The molecule has 0 aliphatic carbocycles. The molecule has 0 spiro atoms. The monoisotopic (exact) mass is 334 g/mol. The Labute approximate surface area is 145 Å². The summed E-state index contributed by atoms with van der Waals surface area (Å²) in [6.45, 7) is 0. The first-order chi connectivity index (χ1) is 12.2. The number of hydrogen-bond acceptors (Lipinski definition) is 3. The van der Waals surface area contributed by atoms with E-state index in [4.69, 9.17) is 0 Å². The third-order valence-corrected chi connectivity index (χ3v) is 3.88. The molecular weight excluding hydrogens is 316 g/mol. The number of benzene rings is 2. The van der Waals surface area contributed by atoms with Gasteiger partial charge in [-0.3, -0.25) is 25.1 Å². The summed E-state index contributed by atoms with van der Waals surface area (Å²) in [4.78, 5) is 24.9. The summed E-state index contributed by atoms with van der Waals surface area (Å²) in [7, 11) is 1.66. The first-order valence-corrected chi connectivity index (χ1v) is 7.85. The van der Waals surface area contributed by atoms with Crippen LogP contribution in [-0.4, -0.2) is 21.6 Å². The van der Waals surface area contributed by atoms with Crippen molar-refractivity contribution in [3.63, 3.8) is 0 Å². The average Bonchev–Trinajstić information content (AvgIpc) is 3.08. The van der Waals surface area contributed by atoms with Gasteiger partial charge in [-0.05, 0) is 17.2 Å². The molecule has 0 fully saturated rings. The van der Waals surface area contributed by atoms with E-state index in [0.717, 1.165) is 11.1 Å². The van der Waals surface area contributed by atoms with Crippen molar-refractivity contribution < 1.29 is 9.59 Å². The second-order valence-corrected chi connectivity index (χ2v) is 5.54. The van der Waals surface area contributed by atoms with Crippen LogP contribution in [0.15, 0.2) is 72.9 Å². The number of nitrogens with zero attached hydrogens (tertiary/aromatic N) is 2. The zero-order valence-electron chi connectivity index (χ0n) is 13.7. The third-order valence-electron chi connectivity index (χ3n) is 3.88. The van der Waals surface area contributed by atoms with Crippen molar-refractivity contribution in [3.05, 3.63) is 89.7 Å². The van der Waals surface area contributed by atoms with Crippen LogP contribution in [0.3, 0.4) is 0 Å². The predicted octanol–water partition coefficient (Wildman–Crippen LogP) is 2.01. The number of carbonyl (C=O) groups excluding carboxylic acids is 2. The van der Waals surface area contributed by atoms with Gasteiger partial charge in [0, 0.05) is 13.2 Å². The highest BCUT2D eigenvalue weighted by Gasteiger charge is 2.23. The van der Waals surface area contributed by atoms with Gasteiger partial charge in [-0.15, -0.1) is 0 Å². The van der Waals surface area contributed by atoms with E-state index in [1.807, 2.05) is 60.7 Å². The highest BCUT2D eigenvalue weighted by molar-refractivity contribution is 5.95. The molecule has 2 aromatic carbocycles. The maximum absolute atomic E-state index is 12.8. The lowest BCUT2D eigenvalue weighted by atomic mass is 9.91. The molecule has 1 aromatic heterocycles. The number of hydrogen-bond donors (Lipinski definition) is 2. The van der Waals surface area contributed by atoms with Gasteiger partial charge in [0.25, 0.3) is 5.91 Å². The molecule has 1 heterocycles. The number of carbonyl (C=O) groups is 2. The molecule has 0 bridgehead atoms. The molecule has 25 heavy (non-hydrogen) atoms. The molecule has 0 radical (unpaired) electrons. The molecule has 0 atom stereocenters. The van der Waals surface area contributed by atoms with Gasteiger partial charge < -0.3 is 0 Å². The molecule has 126 valence electrons. The Morgan fingerprint density at radius 1 is 0.880 bits per heavy atom. The van der Waals surface area contributed by atoms with Gasteiger partial charge in [0.2, 0.25) is 5.91 Å². The molecule has 3 rings (SSSR count). The summed E-state index contributed by atoms with van der Waals surface area (Å²) in [5.41, 5.74) is 7.02. The Morgan fingerprint density at radius 3 is 1.92 bits per heavy atom. The fraction of sp³-hybridized carbons (Fsp3) is 0.105. The SMILES string of the molecule is Cn1nccc1C(=O)NNC(=O)C(c1ccccc1)c1ccccc1. The lowest BCUT2D eigenvalue weighted by Gasteiger charge is -2.18. The minimum atomic E-state index is -0.519. The van der Waals surface area contributed by atoms with Crippen molar-refractivity contribution in [2.45, 2.75) is 5.92 Å². The van der Waals surface area contributed by atoms with Gasteiger partial charge >= 0.3 is 0 Å². The zero-order chi connectivity index (χ0) is 17.6. The molecule has 2 N–H and O–H groups in total. The van der Waals surface area contributed by atoms with Crippen LogP contribution in [0.1, 0.15) is 27.5 Å². The van der Waals surface area contributed by atoms with Crippen LogP contribution in [-0.2, 0) is 11.8 Å². The molecule has 0 aliphatic rings. The number of aryl methyl sites for hydroxylation is 1. The molecule has 6 nitrogen and oxygen atoms in total. The quantitative estimate of drug-likeness (QED) is 0.717. The Bertz CT molecular complexity index is 820. The normalized spacial score (nSPS) is 10.5. The van der Waals surface area contributed by atoms with Gasteiger partial charge in [-0.25, -0.2) is 0 Å². The molecule has 0 aliphatic heterocycles. The van der Waals surface area contributed by atoms with Crippen molar-refractivity contribution in [1.82, 2.24) is 20.6 Å². The van der Waals surface area contributed by atoms with E-state index < -0.39 is 11.8 Å². The second kappa shape index (κ2) is 7.44. The van der Waals surface area contributed by atoms with Crippen LogP contribution in [0.25, 0.3) is 0 Å². The van der Waals surface area contributed by atoms with Gasteiger partial charge in [0.05, 0.1) is 5.92 Å². The second-order valence-electron chi connectivity index (χ2n) is 5.54. The third kappa shape index (κ3) is 3.74. The lowest BCUT2D eigenvalue weighted by Crippen LogP contribution is -2.44. The summed E-state index contributed by atoms with van der Waals surface area (Å²) >= 11 is 0. The van der Waals surface area contributed by atoms with E-state index >= 15 is 0 Å². The summed E-state index contributed by atoms with van der Waals surface area (Å²) in [6, 6.07) is 20.5. The first kappa shape index (κ1) is 16.4. The van der Waals surface area contributed by atoms with Crippen molar-refractivity contribution in [2.75, 3.05) is 0 Å². The summed E-state index contributed by atoms with van der Waals surface area (Å²) in [6.07, 6.45) is 1.52. The zero-order valence-corrected chi connectivity index (χ0v) is 13.7. The Balaban J connectivity index is 1.78. The number of amides is 2. The van der Waals surface area contributed by atoms with Crippen LogP contribution in [0.4, 0.5) is 0 Å². The summed E-state index contributed by atoms with van der Waals surface area (Å²) in [5.74, 6) is -1.25. The van der Waals surface area contributed by atoms with E-state index in [1.54, 1.807) is 13.1 Å². The van der Waals surface area contributed by atoms with Crippen LogP contribution in [0.5, 0.6) is 0 Å². The first-order valence-electron chi connectivity index (χ1n) is 7.85. The molecule has 6 heteroatoms. The minimum absolute atomic E-state index is 0.312. The smallest absolute Gasteiger partial charge is 0.272 e. The maximum atomic E-state index is 12.8. The van der Waals surface area contributed by atoms with E-state index in [1.165, 1.54) is 10.9 Å². The maximum Gasteiger partial charge on any atom is 0.287 e. The number of rotatable bonds is 4. The molecule has 0 unspecified atom stereocenters. The molecule has 0 saturated carbocycles. The fourth-order valence-corrected chi connectivity index (χ4v) is 2.64. The average molecular weight is 334 g/mol. The van der Waals surface area contributed by atoms with Gasteiger partial charge in [-0.2, -0.15) is 5.10 Å². The van der Waals surface area contributed by atoms with Crippen molar-refractivity contribution >= 4 is 11.8 Å². The minimum Gasteiger partial charge on any atom is -0.272 e. The molecule has 3 aromatic rings. The Hall–Kier alpha value is -3.41. The topological polar surface area (TPSA) is 76.0 Å². The highest BCUT2D eigenvalue weighted by atomic mass is 16.2. The summed E-state index contributed by atoms with van der Waals surface area (Å²) < 4.78 is 1.44. The lowest BCUT2D eigenvalue weighted by molar-refractivity contribution is -0.122. The van der Waals surface area contributed by atoms with Crippen molar-refractivity contribution in [2.24, 2.45) is 7.05 Å².